The summed E-state index contributed by atoms with van der Waals surface area (Å²) in [5.74, 6) is -1.69. The molecule has 3 N–H and O–H groups in total. The molecule has 0 radical (unpaired) electrons. The number of esters is 1. The van der Waals surface area contributed by atoms with Crippen molar-refractivity contribution in [3.05, 3.63) is 42.0 Å². The van der Waals surface area contributed by atoms with Gasteiger partial charge in [-0.15, -0.1) is 0 Å². The standard InChI is InChI=1S/C14H13NO4/c1-8(13(15)17)19-14(18)11-7-6-9-4-2-3-5-10(9)12(11)16/h2-8,16H,1H3,(H2,15,17)/t8-/m0/s1. The van der Waals surface area contributed by atoms with Crippen LogP contribution in [0.3, 0.4) is 0 Å². The highest BCUT2D eigenvalue weighted by Crippen LogP contribution is 2.29. The molecule has 2 aromatic rings. The lowest BCUT2D eigenvalue weighted by Gasteiger charge is -2.11. The van der Waals surface area contributed by atoms with Crippen molar-refractivity contribution < 1.29 is 19.4 Å². The molecule has 2 rings (SSSR count). The molecule has 0 aliphatic carbocycles. The number of hydrogen-bond donors (Lipinski definition) is 2. The van der Waals surface area contributed by atoms with Gasteiger partial charge < -0.3 is 15.6 Å². The number of aromatic hydroxyl groups is 1. The largest absolute Gasteiger partial charge is 0.506 e. The van der Waals surface area contributed by atoms with E-state index in [0.717, 1.165) is 5.39 Å². The van der Waals surface area contributed by atoms with Gasteiger partial charge in [0, 0.05) is 5.39 Å². The molecule has 1 atom stereocenters. The van der Waals surface area contributed by atoms with Crippen molar-refractivity contribution in [1.82, 2.24) is 0 Å². The maximum Gasteiger partial charge on any atom is 0.342 e. The van der Waals surface area contributed by atoms with Gasteiger partial charge in [0.25, 0.3) is 5.91 Å². The third-order valence-electron chi connectivity index (χ3n) is 2.80. The van der Waals surface area contributed by atoms with Crippen LogP contribution in [0.15, 0.2) is 36.4 Å². The Morgan fingerprint density at radius 3 is 2.58 bits per heavy atom. The average Bonchev–Trinajstić information content (AvgIpc) is 2.39. The first-order valence-corrected chi connectivity index (χ1v) is 5.71. The molecule has 0 aliphatic heterocycles. The van der Waals surface area contributed by atoms with Crippen LogP contribution in [-0.2, 0) is 9.53 Å². The van der Waals surface area contributed by atoms with E-state index in [0.29, 0.717) is 5.39 Å². The molecule has 2 aromatic carbocycles. The second kappa shape index (κ2) is 4.97. The zero-order valence-electron chi connectivity index (χ0n) is 10.3. The predicted octanol–water partition coefficient (Wildman–Crippen LogP) is 1.58. The van der Waals surface area contributed by atoms with Crippen LogP contribution in [0.5, 0.6) is 5.75 Å². The van der Waals surface area contributed by atoms with Gasteiger partial charge in [0.2, 0.25) is 0 Å². The van der Waals surface area contributed by atoms with Crippen LogP contribution in [0, 0.1) is 0 Å². The fourth-order valence-corrected chi connectivity index (χ4v) is 1.70. The third-order valence-corrected chi connectivity index (χ3v) is 2.80. The molecule has 0 heterocycles. The summed E-state index contributed by atoms with van der Waals surface area (Å²) in [6.07, 6.45) is -1.04. The molecule has 0 unspecified atom stereocenters. The SMILES string of the molecule is C[C@H](OC(=O)c1ccc2ccccc2c1O)C(N)=O. The summed E-state index contributed by atoms with van der Waals surface area (Å²) in [4.78, 5) is 22.7. The zero-order chi connectivity index (χ0) is 14.0. The number of primary amides is 1. The van der Waals surface area contributed by atoms with Crippen LogP contribution in [0.4, 0.5) is 0 Å². The number of benzene rings is 2. The van der Waals surface area contributed by atoms with Gasteiger partial charge in [-0.25, -0.2) is 4.79 Å². The Morgan fingerprint density at radius 2 is 1.89 bits per heavy atom. The highest BCUT2D eigenvalue weighted by atomic mass is 16.5. The number of carbonyl (C=O) groups is 2. The van der Waals surface area contributed by atoms with Crippen LogP contribution in [-0.4, -0.2) is 23.1 Å². The van der Waals surface area contributed by atoms with E-state index in [9.17, 15) is 14.7 Å². The Balaban J connectivity index is 2.38. The summed E-state index contributed by atoms with van der Waals surface area (Å²) in [5.41, 5.74) is 5.02. The van der Waals surface area contributed by atoms with Gasteiger partial charge in [-0.05, 0) is 18.4 Å². The fraction of sp³-hybridized carbons (Fsp3) is 0.143. The van der Waals surface area contributed by atoms with Crippen molar-refractivity contribution in [2.75, 3.05) is 0 Å². The first kappa shape index (κ1) is 12.9. The van der Waals surface area contributed by atoms with E-state index in [1.807, 2.05) is 12.1 Å². The van der Waals surface area contributed by atoms with E-state index in [2.05, 4.69) is 0 Å². The van der Waals surface area contributed by atoms with Gasteiger partial charge >= 0.3 is 5.97 Å². The van der Waals surface area contributed by atoms with Gasteiger partial charge in [-0.1, -0.05) is 30.3 Å². The zero-order valence-corrected chi connectivity index (χ0v) is 10.3. The van der Waals surface area contributed by atoms with Gasteiger partial charge in [-0.2, -0.15) is 0 Å². The van der Waals surface area contributed by atoms with E-state index in [-0.39, 0.29) is 11.3 Å². The first-order chi connectivity index (χ1) is 9.00. The van der Waals surface area contributed by atoms with E-state index < -0.39 is 18.0 Å². The Kier molecular flexibility index (Phi) is 3.37. The maximum atomic E-state index is 11.8. The minimum absolute atomic E-state index is 0.00630. The normalized spacial score (nSPS) is 12.1. The molecule has 5 nitrogen and oxygen atoms in total. The van der Waals surface area contributed by atoms with Crippen LogP contribution in [0.25, 0.3) is 10.8 Å². The number of nitrogens with two attached hydrogens (primary N) is 1. The lowest BCUT2D eigenvalue weighted by molar-refractivity contribution is -0.125. The number of rotatable bonds is 3. The van der Waals surface area contributed by atoms with Crippen molar-refractivity contribution in [1.29, 1.82) is 0 Å². The summed E-state index contributed by atoms with van der Waals surface area (Å²) in [7, 11) is 0. The quantitative estimate of drug-likeness (QED) is 0.819. The minimum atomic E-state index is -1.04. The first-order valence-electron chi connectivity index (χ1n) is 5.71. The Hall–Kier alpha value is -2.56. The number of fused-ring (bicyclic) bond motifs is 1. The Bertz CT molecular complexity index is 651. The Morgan fingerprint density at radius 1 is 1.21 bits per heavy atom. The molecule has 0 saturated carbocycles. The van der Waals surface area contributed by atoms with Gasteiger partial charge in [0.05, 0.1) is 0 Å². The monoisotopic (exact) mass is 259 g/mol. The number of phenols is 1. The third kappa shape index (κ3) is 2.49. The molecule has 1 amide bonds. The van der Waals surface area contributed by atoms with Crippen molar-refractivity contribution in [2.45, 2.75) is 13.0 Å². The lowest BCUT2D eigenvalue weighted by Crippen LogP contribution is -2.30. The van der Waals surface area contributed by atoms with Gasteiger partial charge in [0.15, 0.2) is 6.10 Å². The van der Waals surface area contributed by atoms with Crippen LogP contribution in [0.1, 0.15) is 17.3 Å². The van der Waals surface area contributed by atoms with Gasteiger partial charge in [-0.3, -0.25) is 4.79 Å². The summed E-state index contributed by atoms with van der Waals surface area (Å²) >= 11 is 0. The molecule has 0 aliphatic rings. The van der Waals surface area contributed by atoms with Crippen molar-refractivity contribution in [3.8, 4) is 5.75 Å². The second-order valence-electron chi connectivity index (χ2n) is 4.13. The van der Waals surface area contributed by atoms with Crippen molar-refractivity contribution in [2.24, 2.45) is 5.73 Å². The van der Waals surface area contributed by atoms with Crippen LogP contribution < -0.4 is 5.73 Å². The van der Waals surface area contributed by atoms with Crippen LogP contribution in [0.2, 0.25) is 0 Å². The Labute approximate surface area is 109 Å². The number of ether oxygens (including phenoxy) is 1. The highest BCUT2D eigenvalue weighted by Gasteiger charge is 2.19. The maximum absolute atomic E-state index is 11.8. The molecule has 0 fully saturated rings. The van der Waals surface area contributed by atoms with Crippen molar-refractivity contribution in [3.63, 3.8) is 0 Å². The minimum Gasteiger partial charge on any atom is -0.506 e. The molecule has 0 spiro atoms. The predicted molar refractivity (Wildman–Crippen MR) is 69.7 cm³/mol. The van der Waals surface area contributed by atoms with E-state index >= 15 is 0 Å². The summed E-state index contributed by atoms with van der Waals surface area (Å²) in [5, 5.41) is 11.4. The summed E-state index contributed by atoms with van der Waals surface area (Å²) in [6.45, 7) is 1.37. The summed E-state index contributed by atoms with van der Waals surface area (Å²) < 4.78 is 4.85. The lowest BCUT2D eigenvalue weighted by atomic mass is 10.1. The number of carbonyl (C=O) groups excluding carboxylic acids is 2. The smallest absolute Gasteiger partial charge is 0.342 e. The fourth-order valence-electron chi connectivity index (χ4n) is 1.70. The molecule has 19 heavy (non-hydrogen) atoms. The number of hydrogen-bond acceptors (Lipinski definition) is 4. The highest BCUT2D eigenvalue weighted by molar-refractivity contribution is 6.01. The molecular formula is C14H13NO4. The van der Waals surface area contributed by atoms with Gasteiger partial charge in [0.1, 0.15) is 11.3 Å². The average molecular weight is 259 g/mol. The molecule has 98 valence electrons. The molecular weight excluding hydrogens is 246 g/mol. The number of amides is 1. The van der Waals surface area contributed by atoms with E-state index in [1.165, 1.54) is 13.0 Å². The van der Waals surface area contributed by atoms with Crippen molar-refractivity contribution >= 4 is 22.6 Å². The topological polar surface area (TPSA) is 89.6 Å². The molecule has 0 saturated heterocycles. The van der Waals surface area contributed by atoms with Crippen LogP contribution >= 0.6 is 0 Å². The molecule has 0 aromatic heterocycles. The number of phenolic OH excluding ortho intramolecular Hbond substituents is 1. The van der Waals surface area contributed by atoms with E-state index in [4.69, 9.17) is 10.5 Å². The van der Waals surface area contributed by atoms with E-state index in [1.54, 1.807) is 18.2 Å². The molecule has 5 heteroatoms. The second-order valence-corrected chi connectivity index (χ2v) is 4.13. The molecule has 0 bridgehead atoms. The summed E-state index contributed by atoms with van der Waals surface area (Å²) in [6, 6.07) is 10.2.